The highest BCUT2D eigenvalue weighted by Gasteiger charge is 2.20. The second kappa shape index (κ2) is 11.7. The minimum absolute atomic E-state index is 0.235. The highest BCUT2D eigenvalue weighted by atomic mass is 19.1. The quantitative estimate of drug-likeness (QED) is 0.320. The number of aryl methyl sites for hydroxylation is 6. The number of hydrogen-bond donors (Lipinski definition) is 2. The van der Waals surface area contributed by atoms with Gasteiger partial charge in [-0.3, -0.25) is 4.79 Å². The number of ether oxygens (including phenoxy) is 2. The maximum absolute atomic E-state index is 14.5. The van der Waals surface area contributed by atoms with Gasteiger partial charge in [-0.1, -0.05) is 35.4 Å². The minimum atomic E-state index is -0.833. The van der Waals surface area contributed by atoms with E-state index >= 15 is 0 Å². The SMILES string of the molecule is Cc1cc(C)c(NCC(C)Oc2cc(F)cc(O[C@H](C)C(=O)Nc3c(C)cc(C)cc3C)c2C)c(C)c1. The maximum Gasteiger partial charge on any atom is 0.265 e. The Morgan fingerprint density at radius 3 is 1.73 bits per heavy atom. The molecule has 0 spiro atoms. The largest absolute Gasteiger partial charge is 0.488 e. The normalized spacial score (nSPS) is 12.6. The summed E-state index contributed by atoms with van der Waals surface area (Å²) >= 11 is 0. The van der Waals surface area contributed by atoms with Gasteiger partial charge in [-0.05, 0) is 84.6 Å². The average Bonchev–Trinajstić information content (AvgIpc) is 2.78. The van der Waals surface area contributed by atoms with Crippen LogP contribution in [0.5, 0.6) is 11.5 Å². The number of halogens is 1. The molecule has 198 valence electrons. The molecule has 0 aromatic heterocycles. The Labute approximate surface area is 220 Å². The second-order valence-electron chi connectivity index (χ2n) is 10.1. The molecule has 0 heterocycles. The van der Waals surface area contributed by atoms with Crippen molar-refractivity contribution in [3.8, 4) is 11.5 Å². The minimum Gasteiger partial charge on any atom is -0.488 e. The number of benzene rings is 3. The molecule has 1 amide bonds. The maximum atomic E-state index is 14.5. The first kappa shape index (κ1) is 28.0. The van der Waals surface area contributed by atoms with Gasteiger partial charge in [0.05, 0.1) is 6.54 Å². The fourth-order valence-electron chi connectivity index (χ4n) is 4.68. The zero-order chi connectivity index (χ0) is 27.4. The monoisotopic (exact) mass is 506 g/mol. The fourth-order valence-corrected chi connectivity index (χ4v) is 4.68. The Morgan fingerprint density at radius 2 is 1.22 bits per heavy atom. The first-order chi connectivity index (χ1) is 17.3. The molecule has 5 nitrogen and oxygen atoms in total. The van der Waals surface area contributed by atoms with Gasteiger partial charge in [0, 0.05) is 29.1 Å². The molecule has 3 aromatic carbocycles. The number of nitrogens with one attached hydrogen (secondary N) is 2. The van der Waals surface area contributed by atoms with Gasteiger partial charge in [-0.15, -0.1) is 0 Å². The van der Waals surface area contributed by atoms with Crippen LogP contribution in [0.1, 0.15) is 52.8 Å². The van der Waals surface area contributed by atoms with Gasteiger partial charge < -0.3 is 20.1 Å². The molecular formula is C31H39FN2O3. The van der Waals surface area contributed by atoms with Crippen LogP contribution in [0.3, 0.4) is 0 Å². The van der Waals surface area contributed by atoms with E-state index in [1.807, 2.05) is 39.8 Å². The molecule has 0 aliphatic heterocycles. The van der Waals surface area contributed by atoms with E-state index in [-0.39, 0.29) is 17.8 Å². The van der Waals surface area contributed by atoms with Crippen LogP contribution in [0, 0.1) is 54.3 Å². The number of hydrogen-bond acceptors (Lipinski definition) is 4. The van der Waals surface area contributed by atoms with Crippen molar-refractivity contribution in [2.24, 2.45) is 0 Å². The van der Waals surface area contributed by atoms with Crippen LogP contribution in [-0.2, 0) is 4.79 Å². The number of rotatable bonds is 9. The predicted octanol–water partition coefficient (Wildman–Crippen LogP) is 7.27. The molecule has 2 N–H and O–H groups in total. The third-order valence-electron chi connectivity index (χ3n) is 6.45. The summed E-state index contributed by atoms with van der Waals surface area (Å²) in [5, 5.41) is 6.41. The molecule has 6 heteroatoms. The fraction of sp³-hybridized carbons (Fsp3) is 0.387. The Kier molecular flexibility index (Phi) is 8.85. The van der Waals surface area contributed by atoms with Gasteiger partial charge in [0.1, 0.15) is 23.4 Å². The summed E-state index contributed by atoms with van der Waals surface area (Å²) in [6, 6.07) is 11.0. The number of anilines is 2. The molecule has 0 aliphatic carbocycles. The lowest BCUT2D eigenvalue weighted by molar-refractivity contribution is -0.122. The van der Waals surface area contributed by atoms with Gasteiger partial charge in [-0.25, -0.2) is 4.39 Å². The molecule has 0 saturated carbocycles. The highest BCUT2D eigenvalue weighted by molar-refractivity contribution is 5.95. The summed E-state index contributed by atoms with van der Waals surface area (Å²) in [5.74, 6) is -0.124. The van der Waals surface area contributed by atoms with Crippen LogP contribution in [-0.4, -0.2) is 24.7 Å². The molecule has 0 bridgehead atoms. The molecule has 0 radical (unpaired) electrons. The first-order valence-electron chi connectivity index (χ1n) is 12.7. The molecule has 2 atom stereocenters. The summed E-state index contributed by atoms with van der Waals surface area (Å²) in [5.41, 5.74) is 9.15. The number of carbonyl (C=O) groups is 1. The van der Waals surface area contributed by atoms with Crippen molar-refractivity contribution in [2.45, 2.75) is 74.5 Å². The molecule has 37 heavy (non-hydrogen) atoms. The van der Waals surface area contributed by atoms with Gasteiger partial charge in [0.25, 0.3) is 5.91 Å². The van der Waals surface area contributed by atoms with E-state index in [2.05, 4.69) is 43.5 Å². The van der Waals surface area contributed by atoms with Crippen LogP contribution < -0.4 is 20.1 Å². The Bertz CT molecular complexity index is 1260. The summed E-state index contributed by atoms with van der Waals surface area (Å²) in [6.07, 6.45) is -1.07. The van der Waals surface area contributed by atoms with Crippen molar-refractivity contribution in [1.29, 1.82) is 0 Å². The van der Waals surface area contributed by atoms with Gasteiger partial charge in [0.2, 0.25) is 0 Å². The zero-order valence-electron chi connectivity index (χ0n) is 23.4. The predicted molar refractivity (Wildman–Crippen MR) is 150 cm³/mol. The van der Waals surface area contributed by atoms with E-state index in [9.17, 15) is 9.18 Å². The highest BCUT2D eigenvalue weighted by Crippen LogP contribution is 2.31. The van der Waals surface area contributed by atoms with E-state index in [1.165, 1.54) is 28.8 Å². The summed E-state index contributed by atoms with van der Waals surface area (Å²) in [4.78, 5) is 12.9. The molecule has 1 unspecified atom stereocenters. The molecule has 0 aliphatic rings. The molecular weight excluding hydrogens is 467 g/mol. The van der Waals surface area contributed by atoms with E-state index in [0.29, 0.717) is 17.9 Å². The van der Waals surface area contributed by atoms with Crippen molar-refractivity contribution in [2.75, 3.05) is 17.2 Å². The van der Waals surface area contributed by atoms with Crippen molar-refractivity contribution in [3.05, 3.63) is 81.2 Å². The van der Waals surface area contributed by atoms with Crippen LogP contribution in [0.2, 0.25) is 0 Å². The van der Waals surface area contributed by atoms with Crippen LogP contribution in [0.25, 0.3) is 0 Å². The van der Waals surface area contributed by atoms with Gasteiger partial charge in [-0.2, -0.15) is 0 Å². The summed E-state index contributed by atoms with van der Waals surface area (Å²) in [6.45, 7) is 18.1. The lowest BCUT2D eigenvalue weighted by atomic mass is 10.0. The molecule has 3 rings (SSSR count). The Hall–Kier alpha value is -3.54. The van der Waals surface area contributed by atoms with Crippen molar-refractivity contribution in [1.82, 2.24) is 0 Å². The summed E-state index contributed by atoms with van der Waals surface area (Å²) < 4.78 is 26.5. The van der Waals surface area contributed by atoms with Crippen LogP contribution in [0.4, 0.5) is 15.8 Å². The zero-order valence-corrected chi connectivity index (χ0v) is 23.4. The van der Waals surface area contributed by atoms with Crippen LogP contribution >= 0.6 is 0 Å². The van der Waals surface area contributed by atoms with Crippen LogP contribution in [0.15, 0.2) is 36.4 Å². The van der Waals surface area contributed by atoms with Crippen molar-refractivity contribution in [3.63, 3.8) is 0 Å². The van der Waals surface area contributed by atoms with E-state index in [4.69, 9.17) is 9.47 Å². The lowest BCUT2D eigenvalue weighted by Crippen LogP contribution is -2.31. The third-order valence-corrected chi connectivity index (χ3v) is 6.45. The lowest BCUT2D eigenvalue weighted by Gasteiger charge is -2.22. The molecule has 3 aromatic rings. The standard InChI is InChI=1S/C31H39FN2O3/c1-17-10-19(3)29(20(4)11-17)33-16-23(7)36-27-14-26(32)15-28(24(27)8)37-25(9)31(35)34-30-21(5)12-18(2)13-22(30)6/h10-15,23,25,33H,16H2,1-9H3,(H,34,35)/t23?,25-/m1/s1. The second-order valence-corrected chi connectivity index (χ2v) is 10.1. The topological polar surface area (TPSA) is 59.6 Å². The first-order valence-corrected chi connectivity index (χ1v) is 12.7. The van der Waals surface area contributed by atoms with Crippen molar-refractivity contribution < 1.29 is 18.7 Å². The van der Waals surface area contributed by atoms with E-state index in [1.54, 1.807) is 13.8 Å². The van der Waals surface area contributed by atoms with E-state index < -0.39 is 11.9 Å². The number of carbonyl (C=O) groups excluding carboxylic acids is 1. The molecule has 0 saturated heterocycles. The Morgan fingerprint density at radius 1 is 0.757 bits per heavy atom. The van der Waals surface area contributed by atoms with E-state index in [0.717, 1.165) is 28.1 Å². The van der Waals surface area contributed by atoms with Gasteiger partial charge >= 0.3 is 0 Å². The molecule has 0 fully saturated rings. The Balaban J connectivity index is 1.69. The average molecular weight is 507 g/mol. The smallest absolute Gasteiger partial charge is 0.265 e. The third kappa shape index (κ3) is 7.03. The summed E-state index contributed by atoms with van der Waals surface area (Å²) in [7, 11) is 0. The van der Waals surface area contributed by atoms with Gasteiger partial charge in [0.15, 0.2) is 6.10 Å². The number of amides is 1. The van der Waals surface area contributed by atoms with Crippen molar-refractivity contribution >= 4 is 17.3 Å².